The Morgan fingerprint density at radius 2 is 1.79 bits per heavy atom. The topological polar surface area (TPSA) is 117 Å². The number of carbonyl (C=O) groups excluding carboxylic acids is 2. The summed E-state index contributed by atoms with van der Waals surface area (Å²) in [5.41, 5.74) is 11.3. The maximum atomic E-state index is 11.9. The first-order valence-electron chi connectivity index (χ1n) is 5.57. The van der Waals surface area contributed by atoms with Gasteiger partial charge in [-0.25, -0.2) is 0 Å². The number of hydrogen-bond acceptors (Lipinski definition) is 5. The van der Waals surface area contributed by atoms with E-state index in [9.17, 15) is 9.59 Å². The summed E-state index contributed by atoms with van der Waals surface area (Å²) in [5, 5.41) is 2.54. The summed E-state index contributed by atoms with van der Waals surface area (Å²) >= 11 is 0. The highest BCUT2D eigenvalue weighted by Gasteiger charge is 2.15. The lowest BCUT2D eigenvalue weighted by Gasteiger charge is -2.12. The van der Waals surface area contributed by atoms with Gasteiger partial charge in [-0.05, 0) is 6.07 Å². The Hall–Kier alpha value is -2.44. The van der Waals surface area contributed by atoms with E-state index in [1.54, 1.807) is 0 Å². The van der Waals surface area contributed by atoms with Crippen LogP contribution in [0.2, 0.25) is 0 Å². The second kappa shape index (κ2) is 6.48. The van der Waals surface area contributed by atoms with Crippen LogP contribution in [-0.4, -0.2) is 32.6 Å². The first kappa shape index (κ1) is 14.6. The van der Waals surface area contributed by atoms with E-state index in [0.29, 0.717) is 11.5 Å². The number of ether oxygens (including phenoxy) is 2. The fourth-order valence-corrected chi connectivity index (χ4v) is 1.49. The van der Waals surface area contributed by atoms with Crippen molar-refractivity contribution in [2.24, 2.45) is 5.73 Å². The zero-order valence-electron chi connectivity index (χ0n) is 10.9. The van der Waals surface area contributed by atoms with Crippen LogP contribution >= 0.6 is 0 Å². The SMILES string of the molecule is COc1cc(N)c(C(=O)NCCC(N)=O)cc1OC. The minimum atomic E-state index is -0.486. The number of nitrogen functional groups attached to an aromatic ring is 1. The van der Waals surface area contributed by atoms with Gasteiger partial charge in [0.15, 0.2) is 11.5 Å². The van der Waals surface area contributed by atoms with Crippen molar-refractivity contribution < 1.29 is 19.1 Å². The zero-order chi connectivity index (χ0) is 14.4. The molecule has 1 rings (SSSR count). The number of carbonyl (C=O) groups is 2. The van der Waals surface area contributed by atoms with Crippen LogP contribution in [0, 0.1) is 0 Å². The molecular formula is C12H17N3O4. The Labute approximate surface area is 110 Å². The van der Waals surface area contributed by atoms with Crippen LogP contribution in [0.1, 0.15) is 16.8 Å². The summed E-state index contributed by atoms with van der Waals surface area (Å²) in [5.74, 6) is -0.0503. The van der Waals surface area contributed by atoms with E-state index in [4.69, 9.17) is 20.9 Å². The molecule has 5 N–H and O–H groups in total. The van der Waals surface area contributed by atoms with Crippen LogP contribution < -0.4 is 26.3 Å². The summed E-state index contributed by atoms with van der Waals surface area (Å²) in [6.45, 7) is 0.155. The predicted molar refractivity (Wildman–Crippen MR) is 70.1 cm³/mol. The summed E-state index contributed by atoms with van der Waals surface area (Å²) in [7, 11) is 2.94. The molecule has 0 aliphatic rings. The van der Waals surface area contributed by atoms with Gasteiger partial charge in [0.25, 0.3) is 5.91 Å². The van der Waals surface area contributed by atoms with Gasteiger partial charge in [0, 0.05) is 24.7 Å². The van der Waals surface area contributed by atoms with Gasteiger partial charge in [0.05, 0.1) is 19.8 Å². The van der Waals surface area contributed by atoms with Crippen molar-refractivity contribution in [2.75, 3.05) is 26.5 Å². The number of benzene rings is 1. The molecule has 19 heavy (non-hydrogen) atoms. The van der Waals surface area contributed by atoms with E-state index >= 15 is 0 Å². The van der Waals surface area contributed by atoms with E-state index in [2.05, 4.69) is 5.32 Å². The van der Waals surface area contributed by atoms with Gasteiger partial charge in [-0.3, -0.25) is 9.59 Å². The van der Waals surface area contributed by atoms with Gasteiger partial charge >= 0.3 is 0 Å². The Morgan fingerprint density at radius 1 is 1.21 bits per heavy atom. The molecule has 0 spiro atoms. The molecular weight excluding hydrogens is 250 g/mol. The van der Waals surface area contributed by atoms with Crippen molar-refractivity contribution >= 4 is 17.5 Å². The van der Waals surface area contributed by atoms with E-state index in [1.807, 2.05) is 0 Å². The fraction of sp³-hybridized carbons (Fsp3) is 0.333. The van der Waals surface area contributed by atoms with Crippen molar-refractivity contribution in [3.8, 4) is 11.5 Å². The van der Waals surface area contributed by atoms with Crippen LogP contribution in [0.4, 0.5) is 5.69 Å². The first-order valence-corrected chi connectivity index (χ1v) is 5.57. The predicted octanol–water partition coefficient (Wildman–Crippen LogP) is -0.109. The quantitative estimate of drug-likeness (QED) is 0.622. The Kier molecular flexibility index (Phi) is 4.99. The van der Waals surface area contributed by atoms with Gasteiger partial charge in [0.1, 0.15) is 0 Å². The largest absolute Gasteiger partial charge is 0.493 e. The van der Waals surface area contributed by atoms with Crippen LogP contribution in [0.25, 0.3) is 0 Å². The van der Waals surface area contributed by atoms with Crippen LogP contribution in [0.3, 0.4) is 0 Å². The van der Waals surface area contributed by atoms with Crippen LogP contribution in [0.5, 0.6) is 11.5 Å². The van der Waals surface area contributed by atoms with Crippen molar-refractivity contribution in [1.29, 1.82) is 0 Å². The fourth-order valence-electron chi connectivity index (χ4n) is 1.49. The molecule has 0 bridgehead atoms. The Balaban J connectivity index is 2.87. The highest BCUT2D eigenvalue weighted by molar-refractivity contribution is 6.00. The number of anilines is 1. The normalized spacial score (nSPS) is 9.79. The number of amides is 2. The summed E-state index contributed by atoms with van der Waals surface area (Å²) in [4.78, 5) is 22.5. The van der Waals surface area contributed by atoms with Crippen LogP contribution in [0.15, 0.2) is 12.1 Å². The maximum Gasteiger partial charge on any atom is 0.253 e. The van der Waals surface area contributed by atoms with Gasteiger partial charge < -0.3 is 26.3 Å². The third kappa shape index (κ3) is 3.77. The first-order chi connectivity index (χ1) is 8.99. The Morgan fingerprint density at radius 3 is 2.32 bits per heavy atom. The Bertz CT molecular complexity index is 488. The summed E-state index contributed by atoms with van der Waals surface area (Å²) < 4.78 is 10.2. The second-order valence-corrected chi connectivity index (χ2v) is 3.77. The number of nitrogens with one attached hydrogen (secondary N) is 1. The van der Waals surface area contributed by atoms with E-state index < -0.39 is 11.8 Å². The molecule has 0 saturated heterocycles. The molecule has 104 valence electrons. The number of primary amides is 1. The summed E-state index contributed by atoms with van der Waals surface area (Å²) in [6.07, 6.45) is 0.0684. The highest BCUT2D eigenvalue weighted by Crippen LogP contribution is 2.31. The number of nitrogens with two attached hydrogens (primary N) is 2. The van der Waals surface area contributed by atoms with E-state index in [1.165, 1.54) is 26.4 Å². The maximum absolute atomic E-state index is 11.9. The molecule has 0 aliphatic heterocycles. The average Bonchev–Trinajstić information content (AvgIpc) is 2.37. The average molecular weight is 267 g/mol. The molecule has 1 aromatic rings. The molecule has 0 saturated carbocycles. The molecule has 0 fully saturated rings. The van der Waals surface area contributed by atoms with Gasteiger partial charge in [-0.2, -0.15) is 0 Å². The number of methoxy groups -OCH3 is 2. The molecule has 7 heteroatoms. The highest BCUT2D eigenvalue weighted by atomic mass is 16.5. The third-order valence-corrected chi connectivity index (χ3v) is 2.46. The smallest absolute Gasteiger partial charge is 0.253 e. The third-order valence-electron chi connectivity index (χ3n) is 2.46. The van der Waals surface area contributed by atoms with Crippen LogP contribution in [-0.2, 0) is 4.79 Å². The lowest BCUT2D eigenvalue weighted by atomic mass is 10.1. The van der Waals surface area contributed by atoms with Gasteiger partial charge in [-0.15, -0.1) is 0 Å². The van der Waals surface area contributed by atoms with Crippen molar-refractivity contribution in [1.82, 2.24) is 5.32 Å². The standard InChI is InChI=1S/C12H17N3O4/c1-18-9-5-7(8(13)6-10(9)19-2)12(17)15-4-3-11(14)16/h5-6H,3-4,13H2,1-2H3,(H2,14,16)(H,15,17). The molecule has 0 heterocycles. The molecule has 7 nitrogen and oxygen atoms in total. The van der Waals surface area contributed by atoms with Gasteiger partial charge in [0.2, 0.25) is 5.91 Å². The monoisotopic (exact) mass is 267 g/mol. The van der Waals surface area contributed by atoms with E-state index in [0.717, 1.165) is 0 Å². The second-order valence-electron chi connectivity index (χ2n) is 3.77. The molecule has 1 aromatic carbocycles. The van der Waals surface area contributed by atoms with E-state index in [-0.39, 0.29) is 24.2 Å². The minimum absolute atomic E-state index is 0.0684. The number of hydrogen-bond donors (Lipinski definition) is 3. The van der Waals surface area contributed by atoms with Gasteiger partial charge in [-0.1, -0.05) is 0 Å². The number of rotatable bonds is 6. The summed E-state index contributed by atoms with van der Waals surface area (Å²) in [6, 6.07) is 2.98. The van der Waals surface area contributed by atoms with Crippen molar-refractivity contribution in [2.45, 2.75) is 6.42 Å². The molecule has 0 aliphatic carbocycles. The lowest BCUT2D eigenvalue weighted by Crippen LogP contribution is -2.28. The zero-order valence-corrected chi connectivity index (χ0v) is 10.9. The molecule has 0 radical (unpaired) electrons. The minimum Gasteiger partial charge on any atom is -0.493 e. The lowest BCUT2D eigenvalue weighted by molar-refractivity contribution is -0.117. The molecule has 2 amide bonds. The molecule has 0 unspecified atom stereocenters. The van der Waals surface area contributed by atoms with Crippen molar-refractivity contribution in [3.63, 3.8) is 0 Å². The molecule has 0 aromatic heterocycles. The molecule has 0 atom stereocenters. The van der Waals surface area contributed by atoms with Crippen molar-refractivity contribution in [3.05, 3.63) is 17.7 Å².